The van der Waals surface area contributed by atoms with Gasteiger partial charge in [0.2, 0.25) is 5.91 Å². The lowest BCUT2D eigenvalue weighted by molar-refractivity contribution is -0.127. The predicted octanol–water partition coefficient (Wildman–Crippen LogP) is 3.39. The van der Waals surface area contributed by atoms with Gasteiger partial charge in [-0.05, 0) is 54.7 Å². The highest BCUT2D eigenvalue weighted by Crippen LogP contribution is 2.21. The number of benzene rings is 2. The molecule has 1 unspecified atom stereocenters. The van der Waals surface area contributed by atoms with Crippen molar-refractivity contribution in [3.05, 3.63) is 71.8 Å². The number of aromatic nitrogens is 2. The zero-order valence-electron chi connectivity index (χ0n) is 19.1. The van der Waals surface area contributed by atoms with Crippen LogP contribution in [0.2, 0.25) is 0 Å². The van der Waals surface area contributed by atoms with Crippen molar-refractivity contribution in [2.24, 2.45) is 0 Å². The molecule has 1 atom stereocenters. The molecule has 180 valence electrons. The van der Waals surface area contributed by atoms with Gasteiger partial charge in [-0.3, -0.25) is 14.5 Å². The minimum absolute atomic E-state index is 0.139. The third-order valence-corrected chi connectivity index (χ3v) is 6.49. The number of nitrogens with one attached hydrogen (secondary N) is 4. The number of H-pyrrole nitrogens is 2. The second-order valence-electron chi connectivity index (χ2n) is 8.74. The molecule has 1 aliphatic heterocycles. The summed E-state index contributed by atoms with van der Waals surface area (Å²) in [5, 5.41) is 7.43. The maximum atomic E-state index is 13.6. The number of imide groups is 1. The van der Waals surface area contributed by atoms with Gasteiger partial charge in [-0.15, -0.1) is 0 Å². The van der Waals surface area contributed by atoms with Crippen LogP contribution in [-0.2, 0) is 22.4 Å². The lowest BCUT2D eigenvalue weighted by Crippen LogP contribution is -2.34. The third kappa shape index (κ3) is 4.75. The molecule has 0 radical (unpaired) electrons. The number of hydrogen-bond acceptors (Lipinski definition) is 3. The molecule has 4 aromatic rings. The van der Waals surface area contributed by atoms with E-state index in [0.717, 1.165) is 37.8 Å². The highest BCUT2D eigenvalue weighted by Gasteiger charge is 2.37. The smallest absolute Gasteiger partial charge is 0.324 e. The van der Waals surface area contributed by atoms with E-state index in [4.69, 9.17) is 0 Å². The van der Waals surface area contributed by atoms with Crippen LogP contribution >= 0.6 is 0 Å². The molecule has 1 saturated heterocycles. The normalized spacial score (nSPS) is 15.8. The average molecular weight is 476 g/mol. The van der Waals surface area contributed by atoms with Gasteiger partial charge in [0.1, 0.15) is 11.9 Å². The summed E-state index contributed by atoms with van der Waals surface area (Å²) in [5.74, 6) is -0.841. The van der Waals surface area contributed by atoms with Crippen LogP contribution in [0.25, 0.3) is 21.8 Å². The Morgan fingerprint density at radius 3 is 2.54 bits per heavy atom. The fraction of sp³-hybridized carbons (Fsp3) is 0.269. The molecule has 4 amide bonds. The predicted molar refractivity (Wildman–Crippen MR) is 130 cm³/mol. The molecule has 0 saturated carbocycles. The second-order valence-corrected chi connectivity index (χ2v) is 8.74. The fourth-order valence-electron chi connectivity index (χ4n) is 4.61. The van der Waals surface area contributed by atoms with E-state index in [1.54, 1.807) is 12.3 Å². The zero-order valence-corrected chi connectivity index (χ0v) is 19.1. The minimum Gasteiger partial charge on any atom is -0.361 e. The quantitative estimate of drug-likeness (QED) is 0.279. The Morgan fingerprint density at radius 2 is 1.71 bits per heavy atom. The number of para-hydroxylation sites is 1. The Bertz CT molecular complexity index is 1410. The number of nitrogens with zero attached hydrogens (tertiary/aromatic N) is 1. The van der Waals surface area contributed by atoms with Gasteiger partial charge in [-0.2, -0.15) is 0 Å². The minimum atomic E-state index is -0.720. The Hall–Kier alpha value is -4.14. The van der Waals surface area contributed by atoms with Crippen LogP contribution in [0.15, 0.2) is 54.9 Å². The number of carbonyl (C=O) groups excluding carboxylic acids is 3. The van der Waals surface area contributed by atoms with Crippen molar-refractivity contribution in [3.8, 4) is 0 Å². The summed E-state index contributed by atoms with van der Waals surface area (Å²) >= 11 is 0. The Morgan fingerprint density at radius 1 is 0.971 bits per heavy atom. The van der Waals surface area contributed by atoms with E-state index in [9.17, 15) is 18.8 Å². The molecule has 2 aromatic heterocycles. The molecular formula is C26H26FN5O3. The van der Waals surface area contributed by atoms with E-state index in [1.807, 2.05) is 30.5 Å². The standard InChI is InChI=1S/C26H26FN5O3/c27-18-5-6-22-20(13-18)17(15-30-22)10-12-32-25(34)23(31-26(32)35)7-8-24(33)28-11-9-16-14-29-21-4-2-1-3-19(16)21/h1-6,13-15,23,29-30H,7-12H2,(H,28,33)(H,31,35). The van der Waals surface area contributed by atoms with E-state index in [2.05, 4.69) is 20.6 Å². The van der Waals surface area contributed by atoms with Crippen molar-refractivity contribution in [1.29, 1.82) is 0 Å². The second kappa shape index (κ2) is 9.61. The third-order valence-electron chi connectivity index (χ3n) is 6.49. The van der Waals surface area contributed by atoms with Crippen molar-refractivity contribution < 1.29 is 18.8 Å². The molecule has 4 N–H and O–H groups in total. The molecule has 2 aromatic carbocycles. The molecule has 0 spiro atoms. The Kier molecular flexibility index (Phi) is 6.22. The topological polar surface area (TPSA) is 110 Å². The maximum absolute atomic E-state index is 13.6. The van der Waals surface area contributed by atoms with Gasteiger partial charge in [0.05, 0.1) is 0 Å². The molecule has 1 aliphatic rings. The summed E-state index contributed by atoms with van der Waals surface area (Å²) in [5.41, 5.74) is 3.82. The first-order valence-electron chi connectivity index (χ1n) is 11.7. The number of rotatable bonds is 9. The van der Waals surface area contributed by atoms with Gasteiger partial charge in [0.15, 0.2) is 0 Å². The van der Waals surface area contributed by atoms with Crippen molar-refractivity contribution >= 4 is 39.7 Å². The summed E-state index contributed by atoms with van der Waals surface area (Å²) in [6.45, 7) is 0.671. The monoisotopic (exact) mass is 475 g/mol. The van der Waals surface area contributed by atoms with Crippen LogP contribution < -0.4 is 10.6 Å². The number of urea groups is 1. The van der Waals surface area contributed by atoms with Crippen LogP contribution in [0.5, 0.6) is 0 Å². The van der Waals surface area contributed by atoms with Crippen molar-refractivity contribution in [2.45, 2.75) is 31.7 Å². The number of carbonyl (C=O) groups is 3. The number of amides is 4. The van der Waals surface area contributed by atoms with Gasteiger partial charge >= 0.3 is 6.03 Å². The van der Waals surface area contributed by atoms with Crippen LogP contribution in [0.3, 0.4) is 0 Å². The van der Waals surface area contributed by atoms with Crippen molar-refractivity contribution in [3.63, 3.8) is 0 Å². The fourth-order valence-corrected chi connectivity index (χ4v) is 4.61. The summed E-state index contributed by atoms with van der Waals surface area (Å²) < 4.78 is 13.6. The molecule has 1 fully saturated rings. The van der Waals surface area contributed by atoms with Crippen molar-refractivity contribution in [2.75, 3.05) is 13.1 Å². The van der Waals surface area contributed by atoms with Crippen LogP contribution in [0.4, 0.5) is 9.18 Å². The summed E-state index contributed by atoms with van der Waals surface area (Å²) in [7, 11) is 0. The largest absolute Gasteiger partial charge is 0.361 e. The maximum Gasteiger partial charge on any atom is 0.324 e. The summed E-state index contributed by atoms with van der Waals surface area (Å²) in [4.78, 5) is 44.8. The molecule has 0 bridgehead atoms. The molecular weight excluding hydrogens is 449 g/mol. The van der Waals surface area contributed by atoms with Gasteiger partial charge in [0.25, 0.3) is 5.91 Å². The van der Waals surface area contributed by atoms with E-state index in [-0.39, 0.29) is 37.0 Å². The Labute approximate surface area is 200 Å². The van der Waals surface area contributed by atoms with Gasteiger partial charge < -0.3 is 20.6 Å². The lowest BCUT2D eigenvalue weighted by Gasteiger charge is -2.12. The zero-order chi connectivity index (χ0) is 24.4. The molecule has 0 aliphatic carbocycles. The first-order valence-corrected chi connectivity index (χ1v) is 11.7. The lowest BCUT2D eigenvalue weighted by atomic mass is 10.1. The first kappa shape index (κ1) is 22.6. The van der Waals surface area contributed by atoms with E-state index in [1.165, 1.54) is 12.1 Å². The first-order chi connectivity index (χ1) is 17.0. The molecule has 35 heavy (non-hydrogen) atoms. The SMILES string of the molecule is O=C(CCC1NC(=O)N(CCc2c[nH]c3ccc(F)cc23)C1=O)NCCc1c[nH]c2ccccc12. The molecule has 8 nitrogen and oxygen atoms in total. The van der Waals surface area contributed by atoms with Gasteiger partial charge in [0, 0.05) is 53.7 Å². The molecule has 3 heterocycles. The summed E-state index contributed by atoms with van der Waals surface area (Å²) in [6, 6.07) is 11.3. The Balaban J connectivity index is 1.09. The number of aromatic amines is 2. The molecule has 9 heteroatoms. The highest BCUT2D eigenvalue weighted by atomic mass is 19.1. The molecule has 5 rings (SSSR count). The number of fused-ring (bicyclic) bond motifs is 2. The highest BCUT2D eigenvalue weighted by molar-refractivity contribution is 6.04. The van der Waals surface area contributed by atoms with Crippen LogP contribution in [0.1, 0.15) is 24.0 Å². The summed E-state index contributed by atoms with van der Waals surface area (Å²) in [6.07, 6.45) is 5.19. The van der Waals surface area contributed by atoms with E-state index < -0.39 is 12.1 Å². The average Bonchev–Trinajstić information content (AvgIpc) is 3.52. The van der Waals surface area contributed by atoms with Crippen molar-refractivity contribution in [1.82, 2.24) is 25.5 Å². The number of hydrogen-bond donors (Lipinski definition) is 4. The van der Waals surface area contributed by atoms with Gasteiger partial charge in [-0.25, -0.2) is 9.18 Å². The van der Waals surface area contributed by atoms with E-state index in [0.29, 0.717) is 19.4 Å². The van der Waals surface area contributed by atoms with Gasteiger partial charge in [-0.1, -0.05) is 18.2 Å². The number of halogens is 1. The van der Waals surface area contributed by atoms with Crippen LogP contribution in [0, 0.1) is 5.82 Å². The van der Waals surface area contributed by atoms with E-state index >= 15 is 0 Å². The van der Waals surface area contributed by atoms with Crippen LogP contribution in [-0.4, -0.2) is 51.8 Å².